The molecule has 5 atom stereocenters. The van der Waals surface area contributed by atoms with Crippen molar-refractivity contribution in [2.45, 2.75) is 122 Å². The van der Waals surface area contributed by atoms with Crippen LogP contribution in [0.1, 0.15) is 121 Å². The average molecular weight is 1120 g/mol. The summed E-state index contributed by atoms with van der Waals surface area (Å²) >= 11 is 0. The second kappa shape index (κ2) is 25.9. The highest BCUT2D eigenvalue weighted by molar-refractivity contribution is 5.97. The molecule has 9 rings (SSSR count). The Balaban J connectivity index is 0.757. The number of amides is 5. The van der Waals surface area contributed by atoms with Gasteiger partial charge in [-0.25, -0.2) is 9.37 Å². The third-order valence-corrected chi connectivity index (χ3v) is 16.0. The highest BCUT2D eigenvalue weighted by atomic mass is 19.1. The van der Waals surface area contributed by atoms with Gasteiger partial charge in [0.1, 0.15) is 42.1 Å². The number of nitrogens with one attached hydrogen (secondary N) is 4. The number of carbonyl (C=O) groups is 5. The summed E-state index contributed by atoms with van der Waals surface area (Å²) in [6.45, 7) is 9.73. The van der Waals surface area contributed by atoms with E-state index in [-0.39, 0.29) is 125 Å². The van der Waals surface area contributed by atoms with Gasteiger partial charge < -0.3 is 55.9 Å². The third-order valence-electron chi connectivity index (χ3n) is 16.0. The Hall–Kier alpha value is -7.93. The number of hydrogen-bond acceptors (Lipinski definition) is 14. The van der Waals surface area contributed by atoms with Crippen LogP contribution in [0.25, 0.3) is 11.1 Å². The minimum atomic E-state index is -0.908. The van der Waals surface area contributed by atoms with E-state index in [2.05, 4.69) is 49.6 Å². The molecule has 4 aliphatic rings. The zero-order chi connectivity index (χ0) is 58.2. The second-order valence-electron chi connectivity index (χ2n) is 22.6. The Morgan fingerprint density at radius 3 is 2.49 bits per heavy atom. The van der Waals surface area contributed by atoms with E-state index in [4.69, 9.17) is 19.9 Å². The van der Waals surface area contributed by atoms with Crippen LogP contribution >= 0.6 is 0 Å². The first-order valence-electron chi connectivity index (χ1n) is 28.3. The lowest BCUT2D eigenvalue weighted by Gasteiger charge is -2.41. The van der Waals surface area contributed by atoms with E-state index in [1.165, 1.54) is 28.7 Å². The number of anilines is 2. The number of carbonyl (C=O) groups excluding carboxylic acids is 5. The van der Waals surface area contributed by atoms with E-state index in [0.29, 0.717) is 52.4 Å². The summed E-state index contributed by atoms with van der Waals surface area (Å²) in [6.07, 6.45) is 6.13. The van der Waals surface area contributed by atoms with E-state index in [9.17, 15) is 33.6 Å². The van der Waals surface area contributed by atoms with Crippen molar-refractivity contribution < 1.29 is 42.6 Å². The number of nitrogens with two attached hydrogens (primary N) is 1. The molecule has 0 radical (unpaired) electrons. The predicted molar refractivity (Wildman–Crippen MR) is 306 cm³/mol. The summed E-state index contributed by atoms with van der Waals surface area (Å²) < 4.78 is 34.0. The fourth-order valence-electron chi connectivity index (χ4n) is 11.5. The van der Waals surface area contributed by atoms with E-state index < -0.39 is 29.4 Å². The van der Waals surface area contributed by atoms with Crippen LogP contribution in [-0.2, 0) is 61.1 Å². The van der Waals surface area contributed by atoms with Crippen LogP contribution < -0.4 is 36.6 Å². The first kappa shape index (κ1) is 58.7. The number of halogens is 1. The molecule has 5 aromatic rings. The number of fused-ring (bicyclic) bond motifs is 10. The number of likely N-dealkylation sites (N-methyl/N-ethyl adjacent to an activating group) is 1. The molecule has 21 heteroatoms. The SMILES string of the molecule is CN[C@@H](C)C(=O)N[C@H](C(=O)N1Cc2cc(OCCOCCOCCC(=O)NCCn3nc(C#N)c4c3CN(C)C(=O)c3ccc(F)cc3[C@H]3CCCN3c3cc-4cnc3N)ccc2C[C@H]1C(=O)N[C@@H]1CCCc2ccccc21)C(C)(C)C. The zero-order valence-corrected chi connectivity index (χ0v) is 47.7. The van der Waals surface area contributed by atoms with E-state index in [1.54, 1.807) is 36.8 Å². The van der Waals surface area contributed by atoms with Crippen molar-refractivity contribution in [3.05, 3.63) is 124 Å². The van der Waals surface area contributed by atoms with Crippen molar-refractivity contribution in [3.63, 3.8) is 0 Å². The zero-order valence-electron chi connectivity index (χ0n) is 47.7. The van der Waals surface area contributed by atoms with Crippen LogP contribution in [0, 0.1) is 22.6 Å². The van der Waals surface area contributed by atoms with Gasteiger partial charge in [-0.2, -0.15) is 10.4 Å². The van der Waals surface area contributed by atoms with Crippen molar-refractivity contribution >= 4 is 41.0 Å². The number of nitrogen functional groups attached to an aromatic ring is 1. The summed E-state index contributed by atoms with van der Waals surface area (Å²) in [5.74, 6) is -1.05. The number of aromatic nitrogens is 3. The maximum Gasteiger partial charge on any atom is 0.254 e. The predicted octanol–water partition coefficient (Wildman–Crippen LogP) is 5.67. The number of pyridine rings is 1. The van der Waals surface area contributed by atoms with Crippen LogP contribution in [0.2, 0.25) is 0 Å². The molecule has 2 aromatic heterocycles. The standard InChI is InChI=1S/C61H75FN12O8/c1-37(65-5)57(76)69-55(61(2,3)4)60(79)73-35-41-29-43(18-16-39(41)30-51(73)58(77)68-47-14-9-12-38-11-7-8-13-44(38)47)82-28-27-81-26-25-80-24-20-53(75)66-21-23-74-52-36-71(6)59(78)45-19-17-42(62)32-46(45)49-15-10-22-72(49)50-31-40(34-67-56(50)64)54(52)48(33-63)70-74/h7-8,11,13,16-19,29,31-32,34,37,47,49,51,55,65H,9-10,12,14-15,20-28,30,35-36H2,1-6H3,(H2,64,67)(H,66,75)(H,68,77)(H,69,76)/t37-,47+,49+,51-,55+/m0/s1. The molecule has 434 valence electrons. The molecule has 6 N–H and O–H groups in total. The average Bonchev–Trinajstić information content (AvgIpc) is 3.66. The Labute approximate surface area is 478 Å². The normalized spacial score (nSPS) is 18.2. The number of benzene rings is 3. The monoisotopic (exact) mass is 1120 g/mol. The highest BCUT2D eigenvalue weighted by Gasteiger charge is 2.43. The van der Waals surface area contributed by atoms with Gasteiger partial charge in [0.15, 0.2) is 5.69 Å². The minimum Gasteiger partial charge on any atom is -0.491 e. The largest absolute Gasteiger partial charge is 0.491 e. The molecule has 5 amide bonds. The molecular weight excluding hydrogens is 1050 g/mol. The van der Waals surface area contributed by atoms with Crippen molar-refractivity contribution in [3.8, 4) is 22.9 Å². The topological polar surface area (TPSA) is 251 Å². The quantitative estimate of drug-likeness (QED) is 0.0626. The third kappa shape index (κ3) is 13.2. The van der Waals surface area contributed by atoms with Gasteiger partial charge in [0.05, 0.1) is 69.0 Å². The van der Waals surface area contributed by atoms with Gasteiger partial charge >= 0.3 is 0 Å². The summed E-state index contributed by atoms with van der Waals surface area (Å²) in [7, 11) is 3.34. The van der Waals surface area contributed by atoms with Crippen LogP contribution in [0.15, 0.2) is 72.9 Å². The maximum absolute atomic E-state index is 14.8. The first-order valence-corrected chi connectivity index (χ1v) is 28.3. The van der Waals surface area contributed by atoms with E-state index >= 15 is 0 Å². The lowest BCUT2D eigenvalue weighted by Crippen LogP contribution is -2.62. The van der Waals surface area contributed by atoms with Crippen molar-refractivity contribution in [1.29, 1.82) is 5.26 Å². The summed E-state index contributed by atoms with van der Waals surface area (Å²) in [4.78, 5) is 79.2. The molecule has 3 aliphatic heterocycles. The maximum atomic E-state index is 14.8. The molecule has 0 unspecified atom stereocenters. The number of nitriles is 1. The Kier molecular flexibility index (Phi) is 18.5. The molecule has 0 spiro atoms. The molecule has 1 fully saturated rings. The van der Waals surface area contributed by atoms with Gasteiger partial charge in [0.25, 0.3) is 5.91 Å². The van der Waals surface area contributed by atoms with Gasteiger partial charge in [0, 0.05) is 62.4 Å². The molecule has 1 aliphatic carbocycles. The van der Waals surface area contributed by atoms with Gasteiger partial charge in [0.2, 0.25) is 23.6 Å². The van der Waals surface area contributed by atoms with E-state index in [0.717, 1.165) is 42.4 Å². The molecule has 20 nitrogen and oxygen atoms in total. The lowest BCUT2D eigenvalue weighted by atomic mass is 9.83. The van der Waals surface area contributed by atoms with Crippen LogP contribution in [-0.4, -0.2) is 132 Å². The molecule has 1 saturated heterocycles. The Morgan fingerprint density at radius 2 is 1.71 bits per heavy atom. The van der Waals surface area contributed by atoms with Gasteiger partial charge in [-0.3, -0.25) is 28.7 Å². The number of hydrogen-bond donors (Lipinski definition) is 5. The minimum absolute atomic E-state index is 0.0549. The fraction of sp³-hybridized carbons (Fsp3) is 0.475. The molecule has 5 heterocycles. The summed E-state index contributed by atoms with van der Waals surface area (Å²) in [5.41, 5.74) is 13.2. The summed E-state index contributed by atoms with van der Waals surface area (Å²) in [5, 5.41) is 27.1. The Bertz CT molecular complexity index is 3230. The molecule has 0 saturated carbocycles. The van der Waals surface area contributed by atoms with Crippen LogP contribution in [0.3, 0.4) is 0 Å². The second-order valence-corrected chi connectivity index (χ2v) is 22.6. The molecular formula is C61H75FN12O8. The van der Waals surface area contributed by atoms with Crippen molar-refractivity contribution in [2.24, 2.45) is 5.41 Å². The van der Waals surface area contributed by atoms with Gasteiger partial charge in [-0.15, -0.1) is 0 Å². The first-order chi connectivity index (χ1) is 39.4. The van der Waals surface area contributed by atoms with Gasteiger partial charge in [-0.1, -0.05) is 51.1 Å². The van der Waals surface area contributed by atoms with Crippen LogP contribution in [0.5, 0.6) is 5.75 Å². The number of rotatable bonds is 19. The van der Waals surface area contributed by atoms with Crippen molar-refractivity contribution in [1.82, 2.24) is 45.8 Å². The van der Waals surface area contributed by atoms with Crippen LogP contribution in [0.4, 0.5) is 15.9 Å². The van der Waals surface area contributed by atoms with Crippen molar-refractivity contribution in [2.75, 3.05) is 70.9 Å². The number of ether oxygens (including phenoxy) is 3. The lowest BCUT2D eigenvalue weighted by molar-refractivity contribution is -0.147. The Morgan fingerprint density at radius 1 is 0.927 bits per heavy atom. The number of aryl methyl sites for hydroxylation is 1. The molecule has 2 bridgehead atoms. The van der Waals surface area contributed by atoms with Gasteiger partial charge in [-0.05, 0) is 116 Å². The molecule has 3 aromatic carbocycles. The molecule has 82 heavy (non-hydrogen) atoms. The smallest absolute Gasteiger partial charge is 0.254 e. The highest BCUT2D eigenvalue weighted by Crippen LogP contribution is 2.43. The van der Waals surface area contributed by atoms with E-state index in [1.807, 2.05) is 62.1 Å². The number of nitrogens with zero attached hydrogens (tertiary/aromatic N) is 7. The summed E-state index contributed by atoms with van der Waals surface area (Å²) in [6, 6.07) is 19.4. The fourth-order valence-corrected chi connectivity index (χ4v) is 11.5.